The molecule has 0 saturated carbocycles. The van der Waals surface area contributed by atoms with E-state index in [1.807, 2.05) is 50.3 Å². The van der Waals surface area contributed by atoms with E-state index in [0.717, 1.165) is 5.75 Å². The number of hydrogen-bond donors (Lipinski definition) is 1. The molecule has 0 aromatic heterocycles. The van der Waals surface area contributed by atoms with Gasteiger partial charge in [0.1, 0.15) is 18.0 Å². The van der Waals surface area contributed by atoms with Gasteiger partial charge in [0.25, 0.3) is 0 Å². The van der Waals surface area contributed by atoms with E-state index in [9.17, 15) is 5.11 Å². The molecule has 0 aliphatic carbocycles. The Morgan fingerprint density at radius 3 is 2.50 bits per heavy atom. The van der Waals surface area contributed by atoms with Gasteiger partial charge < -0.3 is 9.84 Å². The summed E-state index contributed by atoms with van der Waals surface area (Å²) in [5, 5.41) is 9.57. The Hall–Kier alpha value is -1.28. The van der Waals surface area contributed by atoms with Crippen LogP contribution in [0.2, 0.25) is 0 Å². The highest BCUT2D eigenvalue weighted by Gasteiger charge is 2.11. The van der Waals surface area contributed by atoms with E-state index in [1.165, 1.54) is 0 Å². The van der Waals surface area contributed by atoms with Gasteiger partial charge in [-0.15, -0.1) is 0 Å². The Morgan fingerprint density at radius 2 is 1.93 bits per heavy atom. The molecule has 1 N–H and O–H groups in total. The van der Waals surface area contributed by atoms with E-state index >= 15 is 0 Å². The standard InChI is InChI=1S/C12H16O2/c1-3-7-12(13)10(2)14-11-8-5-4-6-9-11/h3-10,12-13H,1-2H3/t10-,12-/m1/s1. The fraction of sp³-hybridized carbons (Fsp3) is 0.333. The summed E-state index contributed by atoms with van der Waals surface area (Å²) >= 11 is 0. The number of hydrogen-bond acceptors (Lipinski definition) is 2. The Labute approximate surface area is 84.8 Å². The molecule has 0 bridgehead atoms. The molecule has 0 fully saturated rings. The molecule has 1 aromatic carbocycles. The average Bonchev–Trinajstić information content (AvgIpc) is 2.19. The second-order valence-electron chi connectivity index (χ2n) is 3.15. The van der Waals surface area contributed by atoms with Gasteiger partial charge in [-0.05, 0) is 26.0 Å². The SMILES string of the molecule is CC=C[C@@H](O)[C@@H](C)Oc1ccccc1. The minimum Gasteiger partial charge on any atom is -0.488 e. The summed E-state index contributed by atoms with van der Waals surface area (Å²) in [6, 6.07) is 9.49. The summed E-state index contributed by atoms with van der Waals surface area (Å²) in [6.07, 6.45) is 2.75. The molecule has 0 spiro atoms. The first-order chi connectivity index (χ1) is 6.74. The van der Waals surface area contributed by atoms with E-state index < -0.39 is 6.10 Å². The van der Waals surface area contributed by atoms with Crippen LogP contribution in [0.1, 0.15) is 13.8 Å². The number of rotatable bonds is 4. The van der Waals surface area contributed by atoms with Gasteiger partial charge in [0.15, 0.2) is 0 Å². The Morgan fingerprint density at radius 1 is 1.29 bits per heavy atom. The fourth-order valence-electron chi connectivity index (χ4n) is 1.14. The summed E-state index contributed by atoms with van der Waals surface area (Å²) in [5.41, 5.74) is 0. The van der Waals surface area contributed by atoms with Gasteiger partial charge >= 0.3 is 0 Å². The van der Waals surface area contributed by atoms with E-state index in [2.05, 4.69) is 0 Å². The largest absolute Gasteiger partial charge is 0.488 e. The van der Waals surface area contributed by atoms with Crippen molar-refractivity contribution in [3.63, 3.8) is 0 Å². The lowest BCUT2D eigenvalue weighted by atomic mass is 10.2. The smallest absolute Gasteiger partial charge is 0.125 e. The van der Waals surface area contributed by atoms with Gasteiger partial charge in [-0.3, -0.25) is 0 Å². The molecule has 1 rings (SSSR count). The van der Waals surface area contributed by atoms with Crippen molar-refractivity contribution in [3.8, 4) is 5.75 Å². The highest BCUT2D eigenvalue weighted by Crippen LogP contribution is 2.12. The fourth-order valence-corrected chi connectivity index (χ4v) is 1.14. The predicted octanol–water partition coefficient (Wildman–Crippen LogP) is 2.39. The molecule has 76 valence electrons. The van der Waals surface area contributed by atoms with E-state index in [1.54, 1.807) is 6.08 Å². The molecule has 0 radical (unpaired) electrons. The molecule has 0 heterocycles. The van der Waals surface area contributed by atoms with Gasteiger partial charge in [-0.25, -0.2) is 0 Å². The zero-order chi connectivity index (χ0) is 10.4. The average molecular weight is 192 g/mol. The second kappa shape index (κ2) is 5.45. The van der Waals surface area contributed by atoms with Crippen molar-refractivity contribution in [3.05, 3.63) is 42.5 Å². The van der Waals surface area contributed by atoms with E-state index in [0.29, 0.717) is 0 Å². The van der Waals surface area contributed by atoms with Crippen LogP contribution in [0.5, 0.6) is 5.75 Å². The molecule has 0 aliphatic heterocycles. The monoisotopic (exact) mass is 192 g/mol. The topological polar surface area (TPSA) is 29.5 Å². The third kappa shape index (κ3) is 3.23. The van der Waals surface area contributed by atoms with Crippen LogP contribution in [0.3, 0.4) is 0 Å². The van der Waals surface area contributed by atoms with Crippen molar-refractivity contribution in [2.24, 2.45) is 0 Å². The van der Waals surface area contributed by atoms with Crippen molar-refractivity contribution in [1.82, 2.24) is 0 Å². The van der Waals surface area contributed by atoms with Gasteiger partial charge in [0.05, 0.1) is 0 Å². The van der Waals surface area contributed by atoms with Crippen LogP contribution in [-0.2, 0) is 0 Å². The van der Waals surface area contributed by atoms with Gasteiger partial charge in [0, 0.05) is 0 Å². The molecular weight excluding hydrogens is 176 g/mol. The normalized spacial score (nSPS) is 15.4. The molecule has 0 saturated heterocycles. The molecule has 2 atom stereocenters. The van der Waals surface area contributed by atoms with Gasteiger partial charge in [0.2, 0.25) is 0 Å². The predicted molar refractivity (Wildman–Crippen MR) is 57.4 cm³/mol. The van der Waals surface area contributed by atoms with Gasteiger partial charge in [-0.1, -0.05) is 30.4 Å². The van der Waals surface area contributed by atoms with Crippen LogP contribution in [0.15, 0.2) is 42.5 Å². The van der Waals surface area contributed by atoms with Crippen molar-refractivity contribution < 1.29 is 9.84 Å². The summed E-state index contributed by atoms with van der Waals surface area (Å²) < 4.78 is 5.53. The lowest BCUT2D eigenvalue weighted by Gasteiger charge is -2.17. The van der Waals surface area contributed by atoms with Crippen LogP contribution >= 0.6 is 0 Å². The zero-order valence-corrected chi connectivity index (χ0v) is 8.55. The van der Waals surface area contributed by atoms with Crippen LogP contribution in [-0.4, -0.2) is 17.3 Å². The maximum atomic E-state index is 9.57. The number of para-hydroxylation sites is 1. The molecule has 0 unspecified atom stereocenters. The van der Waals surface area contributed by atoms with Gasteiger partial charge in [-0.2, -0.15) is 0 Å². The Bertz CT molecular complexity index is 280. The second-order valence-corrected chi connectivity index (χ2v) is 3.15. The highest BCUT2D eigenvalue weighted by atomic mass is 16.5. The van der Waals surface area contributed by atoms with Crippen LogP contribution < -0.4 is 4.74 Å². The van der Waals surface area contributed by atoms with E-state index in [4.69, 9.17) is 4.74 Å². The van der Waals surface area contributed by atoms with Crippen molar-refractivity contribution in [2.45, 2.75) is 26.1 Å². The molecule has 0 aliphatic rings. The first-order valence-corrected chi connectivity index (χ1v) is 4.76. The minimum absolute atomic E-state index is 0.228. The summed E-state index contributed by atoms with van der Waals surface area (Å²) in [4.78, 5) is 0. The minimum atomic E-state index is -0.555. The van der Waals surface area contributed by atoms with Crippen LogP contribution in [0.25, 0.3) is 0 Å². The quantitative estimate of drug-likeness (QED) is 0.742. The van der Waals surface area contributed by atoms with Crippen molar-refractivity contribution in [2.75, 3.05) is 0 Å². The molecule has 14 heavy (non-hydrogen) atoms. The third-order valence-corrected chi connectivity index (χ3v) is 1.94. The van der Waals surface area contributed by atoms with Crippen molar-refractivity contribution in [1.29, 1.82) is 0 Å². The Kier molecular flexibility index (Phi) is 4.20. The summed E-state index contributed by atoms with van der Waals surface area (Å²) in [6.45, 7) is 3.72. The molecule has 1 aromatic rings. The first-order valence-electron chi connectivity index (χ1n) is 4.76. The Balaban J connectivity index is 2.52. The summed E-state index contributed by atoms with van der Waals surface area (Å²) in [7, 11) is 0. The lowest BCUT2D eigenvalue weighted by molar-refractivity contribution is 0.0793. The number of aliphatic hydroxyl groups excluding tert-OH is 1. The summed E-state index contributed by atoms with van der Waals surface area (Å²) in [5.74, 6) is 0.781. The number of ether oxygens (including phenoxy) is 1. The highest BCUT2D eigenvalue weighted by molar-refractivity contribution is 5.21. The van der Waals surface area contributed by atoms with E-state index in [-0.39, 0.29) is 6.10 Å². The van der Waals surface area contributed by atoms with Crippen LogP contribution in [0.4, 0.5) is 0 Å². The zero-order valence-electron chi connectivity index (χ0n) is 8.55. The third-order valence-electron chi connectivity index (χ3n) is 1.94. The van der Waals surface area contributed by atoms with Crippen LogP contribution in [0, 0.1) is 0 Å². The van der Waals surface area contributed by atoms with Crippen molar-refractivity contribution >= 4 is 0 Å². The number of allylic oxidation sites excluding steroid dienone is 1. The molecule has 2 heteroatoms. The maximum Gasteiger partial charge on any atom is 0.125 e. The maximum absolute atomic E-state index is 9.57. The number of aliphatic hydroxyl groups is 1. The molecule has 2 nitrogen and oxygen atoms in total. The first kappa shape index (κ1) is 10.8. The lowest BCUT2D eigenvalue weighted by Crippen LogP contribution is -2.26. The molecular formula is C12H16O2. The molecule has 0 amide bonds. The number of benzene rings is 1.